The lowest BCUT2D eigenvalue weighted by Crippen LogP contribution is -2.09. The van der Waals surface area contributed by atoms with Crippen LogP contribution in [0.4, 0.5) is 5.69 Å². The number of hydrogen-bond acceptors (Lipinski definition) is 3. The van der Waals surface area contributed by atoms with E-state index in [9.17, 15) is 4.79 Å². The molecule has 100 valence electrons. The summed E-state index contributed by atoms with van der Waals surface area (Å²) in [5.41, 5.74) is 9.31. The van der Waals surface area contributed by atoms with E-state index in [1.165, 1.54) is 22.5 Å². The topological polar surface area (TPSA) is 55.1 Å². The molecule has 0 radical (unpaired) electrons. The molecule has 0 saturated heterocycles. The molecule has 2 rings (SSSR count). The Balaban J connectivity index is 2.12. The van der Waals surface area contributed by atoms with Crippen LogP contribution in [0, 0.1) is 13.8 Å². The van der Waals surface area contributed by atoms with Crippen molar-refractivity contribution < 1.29 is 4.79 Å². The summed E-state index contributed by atoms with van der Waals surface area (Å²) in [5, 5.41) is 5.18. The second-order valence-corrected chi connectivity index (χ2v) is 6.31. The number of nitrogens with one attached hydrogen (secondary N) is 1. The van der Waals surface area contributed by atoms with Crippen LogP contribution >= 0.6 is 27.3 Å². The zero-order valence-corrected chi connectivity index (χ0v) is 13.2. The Morgan fingerprint density at radius 3 is 2.68 bits per heavy atom. The molecule has 5 heteroatoms. The van der Waals surface area contributed by atoms with Crippen molar-refractivity contribution in [3.05, 3.63) is 49.6 Å². The number of aryl methyl sites for hydroxylation is 2. The molecule has 0 atom stereocenters. The Bertz CT molecular complexity index is 599. The molecule has 0 aliphatic carbocycles. The van der Waals surface area contributed by atoms with Gasteiger partial charge in [0.05, 0.1) is 11.3 Å². The van der Waals surface area contributed by atoms with Crippen LogP contribution in [-0.4, -0.2) is 5.91 Å². The largest absolute Gasteiger partial charge is 0.379 e. The fraction of sp³-hybridized carbons (Fsp3) is 0.214. The van der Waals surface area contributed by atoms with Gasteiger partial charge in [0, 0.05) is 21.3 Å². The first-order chi connectivity index (χ1) is 8.97. The Morgan fingerprint density at radius 2 is 2.11 bits per heavy atom. The van der Waals surface area contributed by atoms with Gasteiger partial charge in [-0.05, 0) is 53.0 Å². The van der Waals surface area contributed by atoms with Crippen molar-refractivity contribution in [1.82, 2.24) is 0 Å². The molecule has 1 amide bonds. The van der Waals surface area contributed by atoms with Crippen LogP contribution in [0.15, 0.2) is 28.1 Å². The highest BCUT2D eigenvalue weighted by atomic mass is 79.9. The summed E-state index contributed by atoms with van der Waals surface area (Å²) < 4.78 is 1.05. The van der Waals surface area contributed by atoms with Crippen LogP contribution < -0.4 is 11.1 Å². The number of amides is 1. The minimum absolute atomic E-state index is 0.379. The number of halogens is 1. The summed E-state index contributed by atoms with van der Waals surface area (Å²) in [6.45, 7) is 4.82. The molecule has 2 aromatic rings. The van der Waals surface area contributed by atoms with Crippen LogP contribution in [0.3, 0.4) is 0 Å². The van der Waals surface area contributed by atoms with Gasteiger partial charge in [0.15, 0.2) is 0 Å². The third-order valence-electron chi connectivity index (χ3n) is 2.81. The van der Waals surface area contributed by atoms with Crippen molar-refractivity contribution >= 4 is 38.9 Å². The number of primary amides is 1. The summed E-state index contributed by atoms with van der Waals surface area (Å²) in [4.78, 5) is 12.1. The fourth-order valence-corrected chi connectivity index (χ4v) is 3.54. The second-order valence-electron chi connectivity index (χ2n) is 4.46. The van der Waals surface area contributed by atoms with Gasteiger partial charge in [-0.1, -0.05) is 6.07 Å². The van der Waals surface area contributed by atoms with Gasteiger partial charge in [0.1, 0.15) is 0 Å². The zero-order chi connectivity index (χ0) is 14.0. The monoisotopic (exact) mass is 338 g/mol. The summed E-state index contributed by atoms with van der Waals surface area (Å²) in [7, 11) is 0. The van der Waals surface area contributed by atoms with E-state index >= 15 is 0 Å². The van der Waals surface area contributed by atoms with E-state index in [1.54, 1.807) is 5.38 Å². The van der Waals surface area contributed by atoms with Crippen molar-refractivity contribution in [2.75, 3.05) is 5.32 Å². The maximum Gasteiger partial charge on any atom is 0.249 e. The zero-order valence-electron chi connectivity index (χ0n) is 10.8. The highest BCUT2D eigenvalue weighted by Crippen LogP contribution is 2.28. The minimum atomic E-state index is -0.379. The smallest absolute Gasteiger partial charge is 0.249 e. The minimum Gasteiger partial charge on any atom is -0.379 e. The Labute approximate surface area is 125 Å². The molecule has 1 heterocycles. The van der Waals surface area contributed by atoms with Crippen molar-refractivity contribution in [2.24, 2.45) is 5.73 Å². The van der Waals surface area contributed by atoms with Crippen LogP contribution in [-0.2, 0) is 6.54 Å². The SMILES string of the molecule is Cc1cc(C)c(NCc2cc(C(N)=O)cs2)c(Br)c1. The average Bonchev–Trinajstić information content (AvgIpc) is 2.76. The van der Waals surface area contributed by atoms with E-state index in [1.807, 2.05) is 6.07 Å². The third-order valence-corrected chi connectivity index (χ3v) is 4.37. The lowest BCUT2D eigenvalue weighted by molar-refractivity contribution is 0.100. The van der Waals surface area contributed by atoms with Gasteiger partial charge in [-0.3, -0.25) is 4.79 Å². The molecule has 19 heavy (non-hydrogen) atoms. The summed E-state index contributed by atoms with van der Waals surface area (Å²) >= 11 is 5.10. The van der Waals surface area contributed by atoms with Gasteiger partial charge < -0.3 is 11.1 Å². The normalized spacial score (nSPS) is 10.5. The molecule has 0 spiro atoms. The summed E-state index contributed by atoms with van der Waals surface area (Å²) in [6.07, 6.45) is 0. The first-order valence-corrected chi connectivity index (χ1v) is 7.52. The average molecular weight is 339 g/mol. The van der Waals surface area contributed by atoms with Gasteiger partial charge >= 0.3 is 0 Å². The molecule has 0 aliphatic heterocycles. The molecule has 0 saturated carbocycles. The predicted octanol–water partition coefficient (Wildman–Crippen LogP) is 3.84. The van der Waals surface area contributed by atoms with Crippen molar-refractivity contribution in [3.63, 3.8) is 0 Å². The van der Waals surface area contributed by atoms with E-state index in [0.717, 1.165) is 15.0 Å². The number of thiophene rings is 1. The standard InChI is InChI=1S/C14H15BrN2OS/c1-8-3-9(2)13(12(15)4-8)17-6-11-5-10(7-19-11)14(16)18/h3-5,7,17H,6H2,1-2H3,(H2,16,18). The summed E-state index contributed by atoms with van der Waals surface area (Å²) in [6, 6.07) is 6.05. The van der Waals surface area contributed by atoms with Gasteiger partial charge in [-0.25, -0.2) is 0 Å². The molecule has 1 aromatic heterocycles. The number of rotatable bonds is 4. The molecular weight excluding hydrogens is 324 g/mol. The number of benzene rings is 1. The Morgan fingerprint density at radius 1 is 1.37 bits per heavy atom. The van der Waals surface area contributed by atoms with Gasteiger partial charge in [0.2, 0.25) is 5.91 Å². The van der Waals surface area contributed by atoms with Crippen LogP contribution in [0.5, 0.6) is 0 Å². The molecule has 1 aromatic carbocycles. The molecule has 0 bridgehead atoms. The molecule has 3 N–H and O–H groups in total. The predicted molar refractivity (Wildman–Crippen MR) is 83.8 cm³/mol. The molecule has 3 nitrogen and oxygen atoms in total. The van der Waals surface area contributed by atoms with Gasteiger partial charge in [0.25, 0.3) is 0 Å². The van der Waals surface area contributed by atoms with Crippen LogP contribution in [0.1, 0.15) is 26.4 Å². The first-order valence-electron chi connectivity index (χ1n) is 5.85. The number of hydrogen-bond donors (Lipinski definition) is 2. The van der Waals surface area contributed by atoms with Crippen LogP contribution in [0.25, 0.3) is 0 Å². The lowest BCUT2D eigenvalue weighted by Gasteiger charge is -2.12. The molecule has 0 aliphatic rings. The number of carbonyl (C=O) groups excluding carboxylic acids is 1. The molecular formula is C14H15BrN2OS. The van der Waals surface area contributed by atoms with Gasteiger partial charge in [-0.2, -0.15) is 0 Å². The Hall–Kier alpha value is -1.33. The highest BCUT2D eigenvalue weighted by molar-refractivity contribution is 9.10. The fourth-order valence-electron chi connectivity index (χ4n) is 1.92. The quantitative estimate of drug-likeness (QED) is 0.889. The van der Waals surface area contributed by atoms with E-state index in [4.69, 9.17) is 5.73 Å². The first kappa shape index (κ1) is 14.1. The molecule has 0 unspecified atom stereocenters. The Kier molecular flexibility index (Phi) is 4.27. The number of nitrogens with two attached hydrogens (primary N) is 1. The van der Waals surface area contributed by atoms with E-state index in [0.29, 0.717) is 12.1 Å². The van der Waals surface area contributed by atoms with Crippen molar-refractivity contribution in [2.45, 2.75) is 20.4 Å². The highest BCUT2D eigenvalue weighted by Gasteiger charge is 2.07. The van der Waals surface area contributed by atoms with Crippen molar-refractivity contribution in [3.8, 4) is 0 Å². The number of carbonyl (C=O) groups is 1. The van der Waals surface area contributed by atoms with E-state index < -0.39 is 0 Å². The van der Waals surface area contributed by atoms with Crippen molar-refractivity contribution in [1.29, 1.82) is 0 Å². The maximum atomic E-state index is 11.0. The lowest BCUT2D eigenvalue weighted by atomic mass is 10.1. The van der Waals surface area contributed by atoms with E-state index in [2.05, 4.69) is 47.2 Å². The van der Waals surface area contributed by atoms with Crippen LogP contribution in [0.2, 0.25) is 0 Å². The maximum absolute atomic E-state index is 11.0. The van der Waals surface area contributed by atoms with Gasteiger partial charge in [-0.15, -0.1) is 11.3 Å². The second kappa shape index (κ2) is 5.75. The molecule has 0 fully saturated rings. The number of anilines is 1. The van der Waals surface area contributed by atoms with E-state index in [-0.39, 0.29) is 5.91 Å². The third kappa shape index (κ3) is 3.36. The summed E-state index contributed by atoms with van der Waals surface area (Å²) in [5.74, 6) is -0.379.